The number of para-hydroxylation sites is 1. The highest BCUT2D eigenvalue weighted by molar-refractivity contribution is 7.18. The number of nitrogens with zero attached hydrogens (tertiary/aromatic N) is 2. The van der Waals surface area contributed by atoms with Crippen LogP contribution in [0.5, 0.6) is 0 Å². The Morgan fingerprint density at radius 2 is 1.67 bits per heavy atom. The summed E-state index contributed by atoms with van der Waals surface area (Å²) in [4.78, 5) is 42.0. The molecule has 0 spiro atoms. The molecule has 4 rings (SSSR count). The molecule has 0 aliphatic carbocycles. The van der Waals surface area contributed by atoms with Gasteiger partial charge in [0.2, 0.25) is 0 Å². The van der Waals surface area contributed by atoms with Crippen molar-refractivity contribution in [2.24, 2.45) is 0 Å². The summed E-state index contributed by atoms with van der Waals surface area (Å²) in [6.45, 7) is 0.243. The molecule has 2 amide bonds. The van der Waals surface area contributed by atoms with Crippen LogP contribution in [0.2, 0.25) is 0 Å². The van der Waals surface area contributed by atoms with Gasteiger partial charge in [0.05, 0.1) is 39.4 Å². The fraction of sp³-hybridized carbons (Fsp3) is 0.200. The average molecular weight is 380 g/mol. The Morgan fingerprint density at radius 3 is 2.37 bits per heavy atom. The van der Waals surface area contributed by atoms with Gasteiger partial charge in [-0.25, -0.2) is 4.98 Å². The number of hydrogen-bond donors (Lipinski definition) is 0. The molecule has 1 aliphatic heterocycles. The summed E-state index contributed by atoms with van der Waals surface area (Å²) in [5.41, 5.74) is 1.70. The second kappa shape index (κ2) is 7.28. The Hall–Kier alpha value is -3.06. The normalized spacial score (nSPS) is 13.3. The van der Waals surface area contributed by atoms with E-state index in [1.54, 1.807) is 35.6 Å². The monoisotopic (exact) mass is 380 g/mol. The molecule has 136 valence electrons. The molecule has 0 unspecified atom stereocenters. The van der Waals surface area contributed by atoms with Crippen LogP contribution < -0.4 is 0 Å². The molecular weight excluding hydrogens is 364 g/mol. The Kier molecular flexibility index (Phi) is 4.68. The lowest BCUT2D eigenvalue weighted by Gasteiger charge is -2.13. The number of benzene rings is 2. The predicted octanol–water partition coefficient (Wildman–Crippen LogP) is 3.07. The van der Waals surface area contributed by atoms with Crippen molar-refractivity contribution < 1.29 is 19.1 Å². The Labute approximate surface area is 159 Å². The maximum Gasteiger partial charge on any atom is 0.307 e. The van der Waals surface area contributed by atoms with E-state index in [2.05, 4.69) is 4.98 Å². The number of rotatable bonds is 6. The smallest absolute Gasteiger partial charge is 0.307 e. The Balaban J connectivity index is 1.27. The quantitative estimate of drug-likeness (QED) is 0.485. The SMILES string of the molecule is O=C(CCN1C(=O)c2ccccc2C1=O)OCCc1nc2ccccc2s1. The molecule has 3 aromatic rings. The lowest BCUT2D eigenvalue weighted by atomic mass is 10.1. The van der Waals surface area contributed by atoms with Crippen LogP contribution in [-0.4, -0.2) is 40.8 Å². The molecule has 0 radical (unpaired) electrons. The topological polar surface area (TPSA) is 76.6 Å². The van der Waals surface area contributed by atoms with E-state index in [1.807, 2.05) is 24.3 Å². The van der Waals surface area contributed by atoms with Crippen molar-refractivity contribution in [3.8, 4) is 0 Å². The van der Waals surface area contributed by atoms with Gasteiger partial charge in [0.15, 0.2) is 0 Å². The predicted molar refractivity (Wildman–Crippen MR) is 101 cm³/mol. The van der Waals surface area contributed by atoms with Gasteiger partial charge in [-0.1, -0.05) is 24.3 Å². The van der Waals surface area contributed by atoms with Crippen molar-refractivity contribution in [2.45, 2.75) is 12.8 Å². The van der Waals surface area contributed by atoms with Crippen molar-refractivity contribution in [1.29, 1.82) is 0 Å². The minimum absolute atomic E-state index is 0.0202. The third-order valence-corrected chi connectivity index (χ3v) is 5.43. The molecule has 0 bridgehead atoms. The molecule has 0 atom stereocenters. The number of aromatic nitrogens is 1. The second-order valence-corrected chi connectivity index (χ2v) is 7.22. The molecule has 0 N–H and O–H groups in total. The number of ether oxygens (including phenoxy) is 1. The highest BCUT2D eigenvalue weighted by Gasteiger charge is 2.35. The zero-order chi connectivity index (χ0) is 18.8. The fourth-order valence-electron chi connectivity index (χ4n) is 3.00. The number of esters is 1. The van der Waals surface area contributed by atoms with Crippen LogP contribution >= 0.6 is 11.3 Å². The summed E-state index contributed by atoms with van der Waals surface area (Å²) in [6.07, 6.45) is 0.517. The van der Waals surface area contributed by atoms with Gasteiger partial charge in [0, 0.05) is 13.0 Å². The molecule has 2 aromatic carbocycles. The van der Waals surface area contributed by atoms with E-state index >= 15 is 0 Å². The summed E-state index contributed by atoms with van der Waals surface area (Å²) in [5.74, 6) is -1.16. The first-order valence-corrected chi connectivity index (χ1v) is 9.40. The highest BCUT2D eigenvalue weighted by atomic mass is 32.1. The van der Waals surface area contributed by atoms with Gasteiger partial charge in [-0.3, -0.25) is 19.3 Å². The fourth-order valence-corrected chi connectivity index (χ4v) is 3.94. The molecular formula is C20H16N2O4S. The van der Waals surface area contributed by atoms with E-state index in [0.717, 1.165) is 20.1 Å². The molecule has 7 heteroatoms. The molecule has 0 saturated carbocycles. The number of thiazole rings is 1. The van der Waals surface area contributed by atoms with Gasteiger partial charge in [-0.2, -0.15) is 0 Å². The molecule has 0 saturated heterocycles. The Morgan fingerprint density at radius 1 is 1.00 bits per heavy atom. The van der Waals surface area contributed by atoms with Gasteiger partial charge >= 0.3 is 5.97 Å². The number of carbonyl (C=O) groups is 3. The zero-order valence-corrected chi connectivity index (χ0v) is 15.2. The number of amides is 2. The summed E-state index contributed by atoms with van der Waals surface area (Å²) in [5, 5.41) is 0.907. The summed E-state index contributed by atoms with van der Waals surface area (Å²) in [7, 11) is 0. The average Bonchev–Trinajstić information content (AvgIpc) is 3.20. The third kappa shape index (κ3) is 3.46. The summed E-state index contributed by atoms with van der Waals surface area (Å²) < 4.78 is 6.33. The first-order valence-electron chi connectivity index (χ1n) is 8.59. The van der Waals surface area contributed by atoms with E-state index < -0.39 is 5.97 Å². The number of carbonyl (C=O) groups excluding carboxylic acids is 3. The second-order valence-electron chi connectivity index (χ2n) is 6.10. The summed E-state index contributed by atoms with van der Waals surface area (Å²) >= 11 is 1.58. The van der Waals surface area contributed by atoms with Crippen molar-refractivity contribution in [2.75, 3.05) is 13.2 Å². The standard InChI is InChI=1S/C20H16N2O4S/c23-18(26-12-10-17-21-15-7-3-4-8-16(15)27-17)9-11-22-19(24)13-5-1-2-6-14(13)20(22)25/h1-8H,9-12H2. The van der Waals surface area contributed by atoms with E-state index in [0.29, 0.717) is 17.5 Å². The number of imide groups is 1. The van der Waals surface area contributed by atoms with E-state index in [9.17, 15) is 14.4 Å². The number of hydrogen-bond acceptors (Lipinski definition) is 6. The first kappa shape index (κ1) is 17.4. The Bertz CT molecular complexity index is 975. The largest absolute Gasteiger partial charge is 0.465 e. The zero-order valence-electron chi connectivity index (χ0n) is 14.4. The van der Waals surface area contributed by atoms with Crippen LogP contribution in [0.25, 0.3) is 10.2 Å². The lowest BCUT2D eigenvalue weighted by Crippen LogP contribution is -2.32. The number of fused-ring (bicyclic) bond motifs is 2. The molecule has 2 heterocycles. The maximum absolute atomic E-state index is 12.3. The van der Waals surface area contributed by atoms with Crippen LogP contribution in [0.3, 0.4) is 0 Å². The molecule has 6 nitrogen and oxygen atoms in total. The van der Waals surface area contributed by atoms with Crippen LogP contribution in [0.4, 0.5) is 0 Å². The highest BCUT2D eigenvalue weighted by Crippen LogP contribution is 2.23. The van der Waals surface area contributed by atoms with Crippen LogP contribution in [0.1, 0.15) is 32.1 Å². The van der Waals surface area contributed by atoms with Crippen LogP contribution in [0, 0.1) is 0 Å². The van der Waals surface area contributed by atoms with Crippen molar-refractivity contribution in [3.63, 3.8) is 0 Å². The molecule has 27 heavy (non-hydrogen) atoms. The molecule has 1 aliphatic rings. The van der Waals surface area contributed by atoms with Crippen LogP contribution in [0.15, 0.2) is 48.5 Å². The minimum Gasteiger partial charge on any atom is -0.465 e. The third-order valence-electron chi connectivity index (χ3n) is 4.33. The van der Waals surface area contributed by atoms with E-state index in [4.69, 9.17) is 4.74 Å². The van der Waals surface area contributed by atoms with Crippen molar-refractivity contribution in [3.05, 3.63) is 64.7 Å². The summed E-state index contributed by atoms with van der Waals surface area (Å²) in [6, 6.07) is 14.5. The van der Waals surface area contributed by atoms with Crippen molar-refractivity contribution in [1.82, 2.24) is 9.88 Å². The van der Waals surface area contributed by atoms with Gasteiger partial charge in [0.1, 0.15) is 0 Å². The molecule has 1 aromatic heterocycles. The first-order chi connectivity index (χ1) is 13.1. The lowest BCUT2D eigenvalue weighted by molar-refractivity contribution is -0.143. The van der Waals surface area contributed by atoms with Gasteiger partial charge < -0.3 is 4.74 Å². The maximum atomic E-state index is 12.3. The van der Waals surface area contributed by atoms with Crippen molar-refractivity contribution >= 4 is 39.3 Å². The van der Waals surface area contributed by atoms with Gasteiger partial charge in [-0.05, 0) is 24.3 Å². The van der Waals surface area contributed by atoms with E-state index in [1.165, 1.54) is 0 Å². The van der Waals surface area contributed by atoms with E-state index in [-0.39, 0.29) is 31.4 Å². The van der Waals surface area contributed by atoms with Gasteiger partial charge in [-0.15, -0.1) is 11.3 Å². The van der Waals surface area contributed by atoms with Crippen LogP contribution in [-0.2, 0) is 16.0 Å². The molecule has 0 fully saturated rings. The van der Waals surface area contributed by atoms with Gasteiger partial charge in [0.25, 0.3) is 11.8 Å². The minimum atomic E-state index is -0.437.